The molecule has 0 aliphatic heterocycles. The summed E-state index contributed by atoms with van der Waals surface area (Å²) in [7, 11) is 0. The van der Waals surface area contributed by atoms with Crippen LogP contribution < -0.4 is 16.4 Å². The minimum Gasteiger partial charge on any atom is -0.350 e. The highest BCUT2D eigenvalue weighted by atomic mass is 15.4. The Kier molecular flexibility index (Phi) is 6.01. The van der Waals surface area contributed by atoms with Gasteiger partial charge in [0.25, 0.3) is 0 Å². The second-order valence-corrected chi connectivity index (χ2v) is 7.35. The van der Waals surface area contributed by atoms with Gasteiger partial charge in [-0.2, -0.15) is 19.7 Å². The average Bonchev–Trinajstić information content (AvgIpc) is 3.42. The van der Waals surface area contributed by atoms with Crippen molar-refractivity contribution in [1.82, 2.24) is 34.7 Å². The summed E-state index contributed by atoms with van der Waals surface area (Å²) >= 11 is 0. The number of hydrogen-bond acceptors (Lipinski definition) is 7. The Balaban J connectivity index is 1.65. The number of aromatic nitrogens is 6. The zero-order valence-corrected chi connectivity index (χ0v) is 17.3. The SMILES string of the molecule is CC(C)c1cnn2c(NCc3ccccc3-n3cccn3)nc(CNCCN)nc12. The molecule has 3 heterocycles. The number of nitrogens with two attached hydrogens (primary N) is 1. The van der Waals surface area contributed by atoms with Crippen molar-refractivity contribution in [2.24, 2.45) is 5.73 Å². The highest BCUT2D eigenvalue weighted by molar-refractivity contribution is 5.52. The third-order valence-corrected chi connectivity index (χ3v) is 4.85. The third-order valence-electron chi connectivity index (χ3n) is 4.85. The lowest BCUT2D eigenvalue weighted by molar-refractivity contribution is 0.661. The Morgan fingerprint density at radius 1 is 1.07 bits per heavy atom. The van der Waals surface area contributed by atoms with Crippen molar-refractivity contribution >= 4 is 11.6 Å². The fourth-order valence-corrected chi connectivity index (χ4v) is 3.31. The average molecular weight is 406 g/mol. The van der Waals surface area contributed by atoms with Crippen molar-refractivity contribution in [2.45, 2.75) is 32.9 Å². The van der Waals surface area contributed by atoms with Gasteiger partial charge in [-0.15, -0.1) is 0 Å². The molecular weight excluding hydrogens is 378 g/mol. The first-order chi connectivity index (χ1) is 14.7. The van der Waals surface area contributed by atoms with Crippen molar-refractivity contribution in [3.05, 3.63) is 65.9 Å². The number of anilines is 1. The van der Waals surface area contributed by atoms with Gasteiger partial charge in [-0.3, -0.25) is 0 Å². The van der Waals surface area contributed by atoms with Crippen molar-refractivity contribution in [2.75, 3.05) is 18.4 Å². The van der Waals surface area contributed by atoms with Gasteiger partial charge in [-0.1, -0.05) is 32.0 Å². The fourth-order valence-electron chi connectivity index (χ4n) is 3.31. The number of benzene rings is 1. The van der Waals surface area contributed by atoms with Crippen molar-refractivity contribution in [3.8, 4) is 5.69 Å². The molecule has 30 heavy (non-hydrogen) atoms. The Bertz CT molecular complexity index is 1100. The zero-order valence-electron chi connectivity index (χ0n) is 17.3. The monoisotopic (exact) mass is 405 g/mol. The summed E-state index contributed by atoms with van der Waals surface area (Å²) < 4.78 is 3.64. The van der Waals surface area contributed by atoms with Crippen LogP contribution in [0.15, 0.2) is 48.9 Å². The molecule has 0 aliphatic rings. The normalized spacial score (nSPS) is 11.5. The summed E-state index contributed by atoms with van der Waals surface area (Å²) in [5, 5.41) is 15.6. The second-order valence-electron chi connectivity index (χ2n) is 7.35. The van der Waals surface area contributed by atoms with Crippen molar-refractivity contribution in [1.29, 1.82) is 0 Å². The maximum Gasteiger partial charge on any atom is 0.227 e. The highest BCUT2D eigenvalue weighted by Crippen LogP contribution is 2.22. The lowest BCUT2D eigenvalue weighted by atomic mass is 10.1. The van der Waals surface area contributed by atoms with E-state index in [0.29, 0.717) is 43.9 Å². The Morgan fingerprint density at radius 2 is 1.93 bits per heavy atom. The van der Waals surface area contributed by atoms with Crippen LogP contribution in [0.5, 0.6) is 0 Å². The molecule has 1 aromatic carbocycles. The summed E-state index contributed by atoms with van der Waals surface area (Å²) in [5.74, 6) is 1.68. The standard InChI is InChI=1S/C21H27N9/c1-15(2)17-13-26-30-20(17)27-19(14-23-10-8-22)28-21(30)24-12-16-6-3-4-7-18(16)29-11-5-9-25-29/h3-7,9,11,13,15,23H,8,10,12,14,22H2,1-2H3,(H,24,27,28). The van der Waals surface area contributed by atoms with E-state index in [1.165, 1.54) is 0 Å². The minimum absolute atomic E-state index is 0.315. The maximum absolute atomic E-state index is 5.59. The molecule has 4 rings (SSSR count). The number of hydrogen-bond donors (Lipinski definition) is 3. The van der Waals surface area contributed by atoms with Gasteiger partial charge < -0.3 is 16.4 Å². The highest BCUT2D eigenvalue weighted by Gasteiger charge is 2.15. The number of fused-ring (bicyclic) bond motifs is 1. The van der Waals surface area contributed by atoms with Crippen LogP contribution in [0.4, 0.5) is 5.95 Å². The summed E-state index contributed by atoms with van der Waals surface area (Å²) in [6, 6.07) is 10.1. The quantitative estimate of drug-likeness (QED) is 0.366. The summed E-state index contributed by atoms with van der Waals surface area (Å²) in [6.07, 6.45) is 5.58. The third kappa shape index (κ3) is 4.17. The van der Waals surface area contributed by atoms with Gasteiger partial charge in [-0.25, -0.2) is 9.67 Å². The smallest absolute Gasteiger partial charge is 0.227 e. The largest absolute Gasteiger partial charge is 0.350 e. The molecule has 4 N–H and O–H groups in total. The van der Waals surface area contributed by atoms with Gasteiger partial charge in [0.05, 0.1) is 18.4 Å². The number of nitrogens with one attached hydrogen (secondary N) is 2. The molecule has 0 saturated carbocycles. The second kappa shape index (κ2) is 9.02. The molecule has 9 heteroatoms. The molecule has 0 bridgehead atoms. The number of para-hydroxylation sites is 1. The molecule has 0 saturated heterocycles. The topological polar surface area (TPSA) is 111 Å². The molecule has 9 nitrogen and oxygen atoms in total. The van der Waals surface area contributed by atoms with E-state index < -0.39 is 0 Å². The van der Waals surface area contributed by atoms with Crippen LogP contribution >= 0.6 is 0 Å². The first-order valence-corrected chi connectivity index (χ1v) is 10.1. The van der Waals surface area contributed by atoms with Crippen LogP contribution in [0.3, 0.4) is 0 Å². The molecule has 3 aromatic heterocycles. The Labute approximate surface area is 175 Å². The first-order valence-electron chi connectivity index (χ1n) is 10.1. The number of rotatable bonds is 9. The van der Waals surface area contributed by atoms with E-state index in [-0.39, 0.29) is 0 Å². The summed E-state index contributed by atoms with van der Waals surface area (Å²) in [4.78, 5) is 9.44. The van der Waals surface area contributed by atoms with E-state index in [9.17, 15) is 0 Å². The zero-order chi connectivity index (χ0) is 20.9. The molecule has 0 radical (unpaired) electrons. The van der Waals surface area contributed by atoms with E-state index in [0.717, 1.165) is 22.5 Å². The molecule has 0 fully saturated rings. The molecule has 4 aromatic rings. The molecule has 0 amide bonds. The van der Waals surface area contributed by atoms with Crippen LogP contribution in [0, 0.1) is 0 Å². The van der Waals surface area contributed by atoms with E-state index in [1.54, 1.807) is 10.7 Å². The van der Waals surface area contributed by atoms with Crippen LogP contribution in [0.2, 0.25) is 0 Å². The van der Waals surface area contributed by atoms with E-state index in [4.69, 9.17) is 15.7 Å². The lowest BCUT2D eigenvalue weighted by Gasteiger charge is -2.13. The molecule has 156 valence electrons. The molecule has 0 unspecified atom stereocenters. The first kappa shape index (κ1) is 20.0. The van der Waals surface area contributed by atoms with Gasteiger partial charge in [0.1, 0.15) is 5.82 Å². The van der Waals surface area contributed by atoms with Crippen molar-refractivity contribution < 1.29 is 0 Å². The Morgan fingerprint density at radius 3 is 2.70 bits per heavy atom. The van der Waals surface area contributed by atoms with E-state index >= 15 is 0 Å². The fraction of sp³-hybridized carbons (Fsp3) is 0.333. The van der Waals surface area contributed by atoms with Crippen LogP contribution in [-0.4, -0.2) is 42.5 Å². The molecule has 0 spiro atoms. The Hall–Kier alpha value is -3.30. The summed E-state index contributed by atoms with van der Waals surface area (Å²) in [6.45, 7) is 6.69. The molecule has 0 atom stereocenters. The van der Waals surface area contributed by atoms with Gasteiger partial charge in [0, 0.05) is 37.6 Å². The molecule has 0 aliphatic carbocycles. The maximum atomic E-state index is 5.59. The minimum atomic E-state index is 0.315. The van der Waals surface area contributed by atoms with Gasteiger partial charge >= 0.3 is 0 Å². The number of nitrogens with zero attached hydrogens (tertiary/aromatic N) is 6. The van der Waals surface area contributed by atoms with Gasteiger partial charge in [-0.05, 0) is 23.6 Å². The van der Waals surface area contributed by atoms with Crippen LogP contribution in [0.25, 0.3) is 11.3 Å². The predicted octanol–water partition coefficient (Wildman–Crippen LogP) is 2.09. The lowest BCUT2D eigenvalue weighted by Crippen LogP contribution is -2.23. The van der Waals surface area contributed by atoms with Crippen LogP contribution in [0.1, 0.15) is 36.7 Å². The van der Waals surface area contributed by atoms with Gasteiger partial charge in [0.15, 0.2) is 5.65 Å². The van der Waals surface area contributed by atoms with Gasteiger partial charge in [0.2, 0.25) is 5.95 Å². The van der Waals surface area contributed by atoms with Crippen LogP contribution in [-0.2, 0) is 13.1 Å². The van der Waals surface area contributed by atoms with E-state index in [1.807, 2.05) is 41.3 Å². The van der Waals surface area contributed by atoms with Crippen molar-refractivity contribution in [3.63, 3.8) is 0 Å². The van der Waals surface area contributed by atoms with E-state index in [2.05, 4.69) is 40.7 Å². The predicted molar refractivity (Wildman–Crippen MR) is 117 cm³/mol. The summed E-state index contributed by atoms with van der Waals surface area (Å²) in [5.41, 5.74) is 9.64. The molecular formula is C21H27N9.